The van der Waals surface area contributed by atoms with Crippen LogP contribution in [0.4, 0.5) is 4.79 Å². The second-order valence-corrected chi connectivity index (χ2v) is 3.99. The first-order chi connectivity index (χ1) is 8.42. The minimum Gasteiger partial charge on any atom is -0.479 e. The number of alkyl carbamates (subject to hydrolysis) is 1. The first kappa shape index (κ1) is 14.0. The second kappa shape index (κ2) is 6.02. The molecule has 0 saturated carbocycles. The maximum Gasteiger partial charge on any atom is 0.407 e. The average molecular weight is 253 g/mol. The number of ether oxygens (including phenoxy) is 1. The molecule has 0 aliphatic heterocycles. The largest absolute Gasteiger partial charge is 0.479 e. The summed E-state index contributed by atoms with van der Waals surface area (Å²) in [5.41, 5.74) is -1.19. The zero-order chi connectivity index (χ0) is 13.6. The van der Waals surface area contributed by atoms with Crippen LogP contribution < -0.4 is 5.32 Å². The van der Waals surface area contributed by atoms with Crippen LogP contribution >= 0.6 is 0 Å². The lowest BCUT2D eigenvalue weighted by molar-refractivity contribution is -0.155. The topological polar surface area (TPSA) is 95.9 Å². The summed E-state index contributed by atoms with van der Waals surface area (Å²) in [6, 6.07) is 9.05. The minimum absolute atomic E-state index is 0.0852. The number of hydrogen-bond donors (Lipinski definition) is 3. The third-order valence-corrected chi connectivity index (χ3v) is 2.25. The number of aliphatic hydroxyl groups is 1. The van der Waals surface area contributed by atoms with E-state index in [4.69, 9.17) is 9.84 Å². The molecule has 1 atom stereocenters. The van der Waals surface area contributed by atoms with E-state index in [9.17, 15) is 14.7 Å². The van der Waals surface area contributed by atoms with Crippen LogP contribution in [-0.4, -0.2) is 34.4 Å². The summed E-state index contributed by atoms with van der Waals surface area (Å²) >= 11 is 0. The Kier molecular flexibility index (Phi) is 4.67. The lowest BCUT2D eigenvalue weighted by Gasteiger charge is -2.18. The third-order valence-electron chi connectivity index (χ3n) is 2.25. The molecule has 0 heterocycles. The van der Waals surface area contributed by atoms with E-state index in [1.807, 2.05) is 18.2 Å². The van der Waals surface area contributed by atoms with Gasteiger partial charge in [0.1, 0.15) is 6.61 Å². The summed E-state index contributed by atoms with van der Waals surface area (Å²) in [5, 5.41) is 20.2. The van der Waals surface area contributed by atoms with Gasteiger partial charge in [-0.3, -0.25) is 0 Å². The highest BCUT2D eigenvalue weighted by molar-refractivity contribution is 5.78. The quantitative estimate of drug-likeness (QED) is 0.719. The molecule has 6 heteroatoms. The van der Waals surface area contributed by atoms with Crippen molar-refractivity contribution in [2.75, 3.05) is 6.54 Å². The van der Waals surface area contributed by atoms with Crippen LogP contribution in [0.2, 0.25) is 0 Å². The van der Waals surface area contributed by atoms with E-state index in [2.05, 4.69) is 5.32 Å². The van der Waals surface area contributed by atoms with Gasteiger partial charge in [-0.05, 0) is 12.5 Å². The monoisotopic (exact) mass is 253 g/mol. The Hall–Kier alpha value is -2.08. The Balaban J connectivity index is 2.33. The van der Waals surface area contributed by atoms with Gasteiger partial charge in [0.05, 0.1) is 6.54 Å². The molecule has 98 valence electrons. The number of benzene rings is 1. The molecule has 0 radical (unpaired) electrons. The summed E-state index contributed by atoms with van der Waals surface area (Å²) in [6.07, 6.45) is -0.777. The fraction of sp³-hybridized carbons (Fsp3) is 0.333. The Morgan fingerprint density at radius 1 is 1.33 bits per heavy atom. The average Bonchev–Trinajstić information content (AvgIpc) is 2.35. The number of amides is 1. The van der Waals surface area contributed by atoms with Gasteiger partial charge in [0, 0.05) is 0 Å². The van der Waals surface area contributed by atoms with Crippen LogP contribution in [0.15, 0.2) is 30.3 Å². The fourth-order valence-corrected chi connectivity index (χ4v) is 1.09. The number of carboxylic acid groups (broad SMARTS) is 1. The molecule has 6 nitrogen and oxygen atoms in total. The lowest BCUT2D eigenvalue weighted by Crippen LogP contribution is -2.46. The van der Waals surface area contributed by atoms with Gasteiger partial charge in [0.25, 0.3) is 0 Å². The van der Waals surface area contributed by atoms with E-state index >= 15 is 0 Å². The predicted octanol–water partition coefficient (Wildman–Crippen LogP) is 0.748. The zero-order valence-corrected chi connectivity index (χ0v) is 9.92. The first-order valence-electron chi connectivity index (χ1n) is 5.32. The Labute approximate surface area is 104 Å². The lowest BCUT2D eigenvalue weighted by atomic mass is 10.1. The summed E-state index contributed by atoms with van der Waals surface area (Å²) in [5.74, 6) is -1.41. The smallest absolute Gasteiger partial charge is 0.407 e. The van der Waals surface area contributed by atoms with Gasteiger partial charge in [-0.25, -0.2) is 9.59 Å². The van der Waals surface area contributed by atoms with Gasteiger partial charge in [0.2, 0.25) is 0 Å². The van der Waals surface area contributed by atoms with Crippen LogP contribution in [0, 0.1) is 0 Å². The SMILES string of the molecule is C[C@](O)(CNC(=O)OCc1ccccc1)C(=O)O. The van der Waals surface area contributed by atoms with Gasteiger partial charge in [-0.2, -0.15) is 0 Å². The summed E-state index contributed by atoms with van der Waals surface area (Å²) in [7, 11) is 0. The molecule has 0 aromatic heterocycles. The van der Waals surface area contributed by atoms with Crippen LogP contribution in [0.3, 0.4) is 0 Å². The third kappa shape index (κ3) is 4.42. The molecule has 0 spiro atoms. The Bertz CT molecular complexity index is 416. The van der Waals surface area contributed by atoms with Gasteiger partial charge in [-0.1, -0.05) is 30.3 Å². The number of carboxylic acids is 1. The Morgan fingerprint density at radius 3 is 2.50 bits per heavy atom. The van der Waals surface area contributed by atoms with Crippen LogP contribution in [-0.2, 0) is 16.1 Å². The molecule has 0 saturated heterocycles. The van der Waals surface area contributed by atoms with E-state index in [1.165, 1.54) is 0 Å². The second-order valence-electron chi connectivity index (χ2n) is 3.99. The minimum atomic E-state index is -2.01. The molecule has 0 aliphatic rings. The van der Waals surface area contributed by atoms with Crippen molar-refractivity contribution in [3.63, 3.8) is 0 Å². The highest BCUT2D eigenvalue weighted by atomic mass is 16.5. The number of aliphatic carboxylic acids is 1. The zero-order valence-electron chi connectivity index (χ0n) is 9.92. The van der Waals surface area contributed by atoms with Gasteiger partial charge in [-0.15, -0.1) is 0 Å². The molecule has 3 N–H and O–H groups in total. The van der Waals surface area contributed by atoms with Crippen molar-refractivity contribution >= 4 is 12.1 Å². The molecule has 1 amide bonds. The fourth-order valence-electron chi connectivity index (χ4n) is 1.09. The van der Waals surface area contributed by atoms with E-state index < -0.39 is 24.2 Å². The van der Waals surface area contributed by atoms with Crippen molar-refractivity contribution in [2.24, 2.45) is 0 Å². The molecular formula is C12H15NO5. The molecule has 1 aromatic carbocycles. The molecule has 0 fully saturated rings. The van der Waals surface area contributed by atoms with Gasteiger partial charge in [0.15, 0.2) is 5.60 Å². The predicted molar refractivity (Wildman–Crippen MR) is 62.9 cm³/mol. The van der Waals surface area contributed by atoms with Crippen molar-refractivity contribution in [3.8, 4) is 0 Å². The normalized spacial score (nSPS) is 13.4. The number of rotatable bonds is 5. The highest BCUT2D eigenvalue weighted by Gasteiger charge is 2.30. The number of nitrogens with one attached hydrogen (secondary N) is 1. The van der Waals surface area contributed by atoms with E-state index in [1.54, 1.807) is 12.1 Å². The van der Waals surface area contributed by atoms with E-state index in [0.717, 1.165) is 12.5 Å². The summed E-state index contributed by atoms with van der Waals surface area (Å²) < 4.78 is 4.85. The standard InChI is InChI=1S/C12H15NO5/c1-12(17,10(14)15)8-13-11(16)18-7-9-5-3-2-4-6-9/h2-6,17H,7-8H2,1H3,(H,13,16)(H,14,15)/t12-/m0/s1. The van der Waals surface area contributed by atoms with E-state index in [-0.39, 0.29) is 6.61 Å². The van der Waals surface area contributed by atoms with Crippen molar-refractivity contribution in [1.82, 2.24) is 5.32 Å². The maximum atomic E-state index is 11.2. The summed E-state index contributed by atoms with van der Waals surface area (Å²) in [6.45, 7) is 0.755. The number of hydrogen-bond acceptors (Lipinski definition) is 4. The summed E-state index contributed by atoms with van der Waals surface area (Å²) in [4.78, 5) is 21.8. The van der Waals surface area contributed by atoms with E-state index in [0.29, 0.717) is 0 Å². The van der Waals surface area contributed by atoms with Crippen molar-refractivity contribution in [3.05, 3.63) is 35.9 Å². The first-order valence-corrected chi connectivity index (χ1v) is 5.32. The molecule has 0 aliphatic carbocycles. The molecule has 1 aromatic rings. The molecular weight excluding hydrogens is 238 g/mol. The van der Waals surface area contributed by atoms with Crippen LogP contribution in [0.25, 0.3) is 0 Å². The molecule has 0 unspecified atom stereocenters. The van der Waals surface area contributed by atoms with Crippen molar-refractivity contribution in [2.45, 2.75) is 19.1 Å². The molecule has 0 bridgehead atoms. The van der Waals surface area contributed by atoms with Crippen molar-refractivity contribution < 1.29 is 24.5 Å². The number of carbonyl (C=O) groups excluding carboxylic acids is 1. The van der Waals surface area contributed by atoms with Gasteiger partial charge >= 0.3 is 12.1 Å². The van der Waals surface area contributed by atoms with Crippen LogP contribution in [0.1, 0.15) is 12.5 Å². The Morgan fingerprint density at radius 2 is 1.94 bits per heavy atom. The highest BCUT2D eigenvalue weighted by Crippen LogP contribution is 2.03. The van der Waals surface area contributed by atoms with Crippen molar-refractivity contribution in [1.29, 1.82) is 0 Å². The molecule has 18 heavy (non-hydrogen) atoms. The maximum absolute atomic E-state index is 11.2. The molecule has 1 rings (SSSR count). The number of carbonyl (C=O) groups is 2. The van der Waals surface area contributed by atoms with Gasteiger partial charge < -0.3 is 20.3 Å². The van der Waals surface area contributed by atoms with Crippen LogP contribution in [0.5, 0.6) is 0 Å².